The van der Waals surface area contributed by atoms with Crippen molar-refractivity contribution in [3.05, 3.63) is 53.2 Å². The van der Waals surface area contributed by atoms with Crippen LogP contribution in [0.4, 0.5) is 0 Å². The number of hydrogen-bond acceptors (Lipinski definition) is 3. The number of hydrogen-bond donors (Lipinski definition) is 1. The van der Waals surface area contributed by atoms with Crippen molar-refractivity contribution in [1.82, 2.24) is 10.3 Å². The number of amides is 1. The van der Waals surface area contributed by atoms with Gasteiger partial charge in [-0.15, -0.1) is 0 Å². The fraction of sp³-hybridized carbons (Fsp3) is 0.474. The summed E-state index contributed by atoms with van der Waals surface area (Å²) in [5.41, 5.74) is 2.99. The van der Waals surface area contributed by atoms with Gasteiger partial charge in [0.05, 0.1) is 11.2 Å². The Kier molecular flexibility index (Phi) is 3.47. The van der Waals surface area contributed by atoms with E-state index in [0.717, 1.165) is 44.2 Å². The van der Waals surface area contributed by atoms with Gasteiger partial charge in [-0.25, -0.2) is 4.98 Å². The normalized spacial score (nSPS) is 19.7. The standard InChI is InChI=1S/C19H22N2O2/c1-13-5-4-6-15(11-13)19(9-2-3-10-19)21-18(22)17-16(14-7-8-14)20-12-23-17/h4-6,11-12,14H,2-3,7-10H2,1H3,(H,21,22). The maximum Gasteiger partial charge on any atom is 0.289 e. The van der Waals surface area contributed by atoms with E-state index in [1.165, 1.54) is 17.5 Å². The molecule has 1 N–H and O–H groups in total. The third kappa shape index (κ3) is 2.67. The molecule has 2 fully saturated rings. The predicted molar refractivity (Wildman–Crippen MR) is 87.3 cm³/mol. The molecule has 1 heterocycles. The van der Waals surface area contributed by atoms with Crippen molar-refractivity contribution in [3.63, 3.8) is 0 Å². The van der Waals surface area contributed by atoms with E-state index in [9.17, 15) is 4.79 Å². The summed E-state index contributed by atoms with van der Waals surface area (Å²) in [7, 11) is 0. The van der Waals surface area contributed by atoms with Crippen LogP contribution in [0.2, 0.25) is 0 Å². The zero-order chi connectivity index (χ0) is 15.9. The zero-order valence-electron chi connectivity index (χ0n) is 13.5. The lowest BCUT2D eigenvalue weighted by Gasteiger charge is -2.31. The number of nitrogens with one attached hydrogen (secondary N) is 1. The largest absolute Gasteiger partial charge is 0.438 e. The highest BCUT2D eigenvalue weighted by atomic mass is 16.3. The Morgan fingerprint density at radius 3 is 2.78 bits per heavy atom. The van der Waals surface area contributed by atoms with Crippen molar-refractivity contribution >= 4 is 5.91 Å². The van der Waals surface area contributed by atoms with Gasteiger partial charge in [-0.1, -0.05) is 42.7 Å². The van der Waals surface area contributed by atoms with Crippen LogP contribution in [0, 0.1) is 6.92 Å². The minimum Gasteiger partial charge on any atom is -0.438 e. The highest BCUT2D eigenvalue weighted by Gasteiger charge is 2.39. The third-order valence-electron chi connectivity index (χ3n) is 5.15. The number of oxazole rings is 1. The van der Waals surface area contributed by atoms with Gasteiger partial charge >= 0.3 is 0 Å². The lowest BCUT2D eigenvalue weighted by Crippen LogP contribution is -2.44. The van der Waals surface area contributed by atoms with E-state index in [2.05, 4.69) is 41.5 Å². The third-order valence-corrected chi connectivity index (χ3v) is 5.15. The number of carbonyl (C=O) groups excluding carboxylic acids is 1. The second-order valence-electron chi connectivity index (χ2n) is 6.95. The molecular weight excluding hydrogens is 288 g/mol. The van der Waals surface area contributed by atoms with Gasteiger partial charge in [-0.05, 0) is 38.2 Å². The number of aromatic nitrogens is 1. The first-order valence-electron chi connectivity index (χ1n) is 8.51. The van der Waals surface area contributed by atoms with Crippen LogP contribution in [-0.4, -0.2) is 10.9 Å². The molecule has 4 nitrogen and oxygen atoms in total. The lowest BCUT2D eigenvalue weighted by molar-refractivity contribution is 0.0868. The first-order chi connectivity index (χ1) is 11.2. The maximum absolute atomic E-state index is 12.8. The minimum atomic E-state index is -0.267. The molecule has 2 aromatic rings. The molecule has 2 aliphatic carbocycles. The van der Waals surface area contributed by atoms with Crippen molar-refractivity contribution in [2.75, 3.05) is 0 Å². The quantitative estimate of drug-likeness (QED) is 0.926. The van der Waals surface area contributed by atoms with Gasteiger partial charge in [0.25, 0.3) is 5.91 Å². The molecule has 0 aliphatic heterocycles. The molecular formula is C19H22N2O2. The first-order valence-corrected chi connectivity index (χ1v) is 8.51. The Bertz CT molecular complexity index is 724. The van der Waals surface area contributed by atoms with Gasteiger partial charge in [0.2, 0.25) is 5.76 Å². The molecule has 1 aromatic carbocycles. The summed E-state index contributed by atoms with van der Waals surface area (Å²) in [4.78, 5) is 17.1. The Morgan fingerprint density at radius 1 is 1.30 bits per heavy atom. The Hall–Kier alpha value is -2.10. The second kappa shape index (κ2) is 5.52. The number of aryl methyl sites for hydroxylation is 1. The molecule has 23 heavy (non-hydrogen) atoms. The molecule has 1 aromatic heterocycles. The highest BCUT2D eigenvalue weighted by Crippen LogP contribution is 2.42. The van der Waals surface area contributed by atoms with Crippen molar-refractivity contribution in [2.24, 2.45) is 0 Å². The van der Waals surface area contributed by atoms with Crippen LogP contribution in [0.3, 0.4) is 0 Å². The average Bonchev–Trinajstić information content (AvgIpc) is 3.08. The summed E-state index contributed by atoms with van der Waals surface area (Å²) in [6, 6.07) is 8.48. The van der Waals surface area contributed by atoms with Crippen LogP contribution in [0.5, 0.6) is 0 Å². The van der Waals surface area contributed by atoms with E-state index in [4.69, 9.17) is 4.42 Å². The van der Waals surface area contributed by atoms with Crippen LogP contribution >= 0.6 is 0 Å². The molecule has 4 rings (SSSR count). The van der Waals surface area contributed by atoms with Crippen LogP contribution in [0.25, 0.3) is 0 Å². The first kappa shape index (κ1) is 14.5. The summed E-state index contributed by atoms with van der Waals surface area (Å²) in [5.74, 6) is 0.701. The molecule has 0 unspecified atom stereocenters. The van der Waals surface area contributed by atoms with Gasteiger partial charge in [0.1, 0.15) is 0 Å². The van der Waals surface area contributed by atoms with Crippen LogP contribution < -0.4 is 5.32 Å². The smallest absolute Gasteiger partial charge is 0.289 e. The molecule has 0 radical (unpaired) electrons. The van der Waals surface area contributed by atoms with Crippen LogP contribution in [-0.2, 0) is 5.54 Å². The lowest BCUT2D eigenvalue weighted by atomic mass is 9.87. The summed E-state index contributed by atoms with van der Waals surface area (Å²) in [6.45, 7) is 2.09. The molecule has 0 bridgehead atoms. The minimum absolute atomic E-state index is 0.118. The van der Waals surface area contributed by atoms with E-state index in [1.54, 1.807) is 0 Å². The fourth-order valence-electron chi connectivity index (χ4n) is 3.75. The van der Waals surface area contributed by atoms with E-state index >= 15 is 0 Å². The molecule has 0 atom stereocenters. The Labute approximate surface area is 136 Å². The predicted octanol–water partition coefficient (Wildman–Crippen LogP) is 4.06. The van der Waals surface area contributed by atoms with E-state index in [0.29, 0.717) is 11.7 Å². The summed E-state index contributed by atoms with van der Waals surface area (Å²) < 4.78 is 5.42. The van der Waals surface area contributed by atoms with Gasteiger partial charge in [-0.2, -0.15) is 0 Å². The maximum atomic E-state index is 12.8. The number of carbonyl (C=O) groups is 1. The van der Waals surface area contributed by atoms with Crippen molar-refractivity contribution in [2.45, 2.75) is 56.9 Å². The van der Waals surface area contributed by atoms with Gasteiger partial charge < -0.3 is 9.73 Å². The van der Waals surface area contributed by atoms with E-state index < -0.39 is 0 Å². The van der Waals surface area contributed by atoms with Crippen molar-refractivity contribution in [1.29, 1.82) is 0 Å². The highest BCUT2D eigenvalue weighted by molar-refractivity contribution is 5.93. The average molecular weight is 310 g/mol. The summed E-state index contributed by atoms with van der Waals surface area (Å²) in [5, 5.41) is 3.29. The summed E-state index contributed by atoms with van der Waals surface area (Å²) in [6.07, 6.45) is 7.85. The molecule has 1 amide bonds. The molecule has 4 heteroatoms. The second-order valence-corrected chi connectivity index (χ2v) is 6.95. The van der Waals surface area contributed by atoms with E-state index in [1.807, 2.05) is 0 Å². The Morgan fingerprint density at radius 2 is 2.09 bits per heavy atom. The van der Waals surface area contributed by atoms with Gasteiger partial charge in [0.15, 0.2) is 6.39 Å². The summed E-state index contributed by atoms with van der Waals surface area (Å²) >= 11 is 0. The SMILES string of the molecule is Cc1cccc(C2(NC(=O)c3ocnc3C3CC3)CCCC2)c1. The molecule has 0 spiro atoms. The molecule has 2 saturated carbocycles. The monoisotopic (exact) mass is 310 g/mol. The number of nitrogens with zero attached hydrogens (tertiary/aromatic N) is 1. The number of benzene rings is 1. The van der Waals surface area contributed by atoms with Crippen molar-refractivity contribution < 1.29 is 9.21 Å². The number of rotatable bonds is 4. The topological polar surface area (TPSA) is 55.1 Å². The fourth-order valence-corrected chi connectivity index (χ4v) is 3.75. The zero-order valence-corrected chi connectivity index (χ0v) is 13.5. The van der Waals surface area contributed by atoms with Gasteiger partial charge in [0, 0.05) is 5.92 Å². The molecule has 2 aliphatic rings. The van der Waals surface area contributed by atoms with Crippen LogP contribution in [0.1, 0.15) is 71.8 Å². The van der Waals surface area contributed by atoms with Crippen LogP contribution in [0.15, 0.2) is 35.1 Å². The van der Waals surface area contributed by atoms with Gasteiger partial charge in [-0.3, -0.25) is 4.79 Å². The molecule has 120 valence electrons. The van der Waals surface area contributed by atoms with Crippen molar-refractivity contribution in [3.8, 4) is 0 Å². The Balaban J connectivity index is 1.63. The molecule has 0 saturated heterocycles. The van der Waals surface area contributed by atoms with E-state index in [-0.39, 0.29) is 11.4 Å².